The van der Waals surface area contributed by atoms with E-state index in [-0.39, 0.29) is 6.04 Å². The average Bonchev–Trinajstić information content (AvgIpc) is 2.65. The number of hydrogen-bond donors (Lipinski definition) is 1. The first kappa shape index (κ1) is 11.6. The Balaban J connectivity index is 2.18. The molecule has 0 aliphatic carbocycles. The van der Waals surface area contributed by atoms with Gasteiger partial charge in [-0.3, -0.25) is 4.68 Å². The van der Waals surface area contributed by atoms with Crippen LogP contribution in [0.25, 0.3) is 0 Å². The van der Waals surface area contributed by atoms with Crippen LogP contribution in [0.1, 0.15) is 19.4 Å². The van der Waals surface area contributed by atoms with Gasteiger partial charge in [0.05, 0.1) is 12.2 Å². The van der Waals surface area contributed by atoms with Crippen LogP contribution < -0.4 is 5.32 Å². The number of piperidine rings is 1. The third-order valence-electron chi connectivity index (χ3n) is 2.93. The van der Waals surface area contributed by atoms with Crippen molar-refractivity contribution >= 4 is 9.84 Å². The fraction of sp³-hybridized carbons (Fsp3) is 0.700. The molecule has 0 amide bonds. The number of rotatable bonds is 2. The summed E-state index contributed by atoms with van der Waals surface area (Å²) < 4.78 is 24.4. The molecule has 2 unspecified atom stereocenters. The Bertz CT molecular complexity index is 466. The van der Waals surface area contributed by atoms with Gasteiger partial charge in [-0.2, -0.15) is 5.10 Å². The topological polar surface area (TPSA) is 64.0 Å². The number of sulfone groups is 1. The minimum Gasteiger partial charge on any atom is -0.314 e. The summed E-state index contributed by atoms with van der Waals surface area (Å²) in [5, 5.41) is 7.46. The first-order valence-electron chi connectivity index (χ1n) is 5.42. The Morgan fingerprint density at radius 3 is 2.81 bits per heavy atom. The SMILES string of the molecule is CC1CNCC(n2cc(S(C)(=O)=O)cn2)C1. The summed E-state index contributed by atoms with van der Waals surface area (Å²) >= 11 is 0. The Morgan fingerprint density at radius 1 is 1.50 bits per heavy atom. The van der Waals surface area contributed by atoms with Crippen LogP contribution in [0.4, 0.5) is 0 Å². The fourth-order valence-electron chi connectivity index (χ4n) is 2.04. The highest BCUT2D eigenvalue weighted by molar-refractivity contribution is 7.90. The molecule has 0 bridgehead atoms. The van der Waals surface area contributed by atoms with Gasteiger partial charge in [-0.25, -0.2) is 8.42 Å². The normalized spacial score (nSPS) is 26.9. The van der Waals surface area contributed by atoms with Crippen LogP contribution in [0.3, 0.4) is 0 Å². The van der Waals surface area contributed by atoms with Crippen LogP contribution in [-0.4, -0.2) is 37.5 Å². The molecule has 1 fully saturated rings. The lowest BCUT2D eigenvalue weighted by Gasteiger charge is -2.27. The second-order valence-electron chi connectivity index (χ2n) is 4.58. The molecule has 2 atom stereocenters. The van der Waals surface area contributed by atoms with Crippen molar-refractivity contribution in [3.63, 3.8) is 0 Å². The molecule has 6 heteroatoms. The van der Waals surface area contributed by atoms with Gasteiger partial charge in [-0.15, -0.1) is 0 Å². The molecular formula is C10H17N3O2S. The smallest absolute Gasteiger partial charge is 0.178 e. The van der Waals surface area contributed by atoms with Crippen LogP contribution in [-0.2, 0) is 9.84 Å². The van der Waals surface area contributed by atoms with Crippen molar-refractivity contribution in [3.05, 3.63) is 12.4 Å². The maximum Gasteiger partial charge on any atom is 0.178 e. The zero-order valence-corrected chi connectivity index (χ0v) is 10.4. The summed E-state index contributed by atoms with van der Waals surface area (Å²) in [5.41, 5.74) is 0. The van der Waals surface area contributed by atoms with Gasteiger partial charge in [-0.05, 0) is 18.9 Å². The monoisotopic (exact) mass is 243 g/mol. The summed E-state index contributed by atoms with van der Waals surface area (Å²) in [4.78, 5) is 0.297. The molecule has 0 spiro atoms. The fourth-order valence-corrected chi connectivity index (χ4v) is 2.58. The van der Waals surface area contributed by atoms with Crippen molar-refractivity contribution in [2.45, 2.75) is 24.3 Å². The number of nitrogens with zero attached hydrogens (tertiary/aromatic N) is 2. The van der Waals surface area contributed by atoms with E-state index in [1.165, 1.54) is 12.5 Å². The first-order chi connectivity index (χ1) is 7.47. The van der Waals surface area contributed by atoms with E-state index in [9.17, 15) is 8.42 Å². The average molecular weight is 243 g/mol. The largest absolute Gasteiger partial charge is 0.314 e. The van der Waals surface area contributed by atoms with E-state index in [1.54, 1.807) is 10.9 Å². The summed E-state index contributed by atoms with van der Waals surface area (Å²) in [5.74, 6) is 0.602. The molecule has 0 radical (unpaired) electrons. The van der Waals surface area contributed by atoms with Gasteiger partial charge < -0.3 is 5.32 Å². The van der Waals surface area contributed by atoms with E-state index >= 15 is 0 Å². The standard InChI is InChI=1S/C10H17N3O2S/c1-8-3-9(5-11-4-8)13-7-10(6-12-13)16(2,14)15/h6-9,11H,3-5H2,1-2H3. The van der Waals surface area contributed by atoms with E-state index < -0.39 is 9.84 Å². The van der Waals surface area contributed by atoms with Crippen molar-refractivity contribution in [3.8, 4) is 0 Å². The predicted molar refractivity (Wildman–Crippen MR) is 61.0 cm³/mol. The van der Waals surface area contributed by atoms with Crippen molar-refractivity contribution in [2.24, 2.45) is 5.92 Å². The Kier molecular flexibility index (Phi) is 3.03. The second kappa shape index (κ2) is 4.18. The number of aromatic nitrogens is 2. The van der Waals surface area contributed by atoms with Crippen LogP contribution in [0.15, 0.2) is 17.3 Å². The highest BCUT2D eigenvalue weighted by Crippen LogP contribution is 2.21. The number of nitrogens with one attached hydrogen (secondary N) is 1. The van der Waals surface area contributed by atoms with Crippen LogP contribution in [0, 0.1) is 5.92 Å². The van der Waals surface area contributed by atoms with Gasteiger partial charge in [0.15, 0.2) is 9.84 Å². The molecule has 2 rings (SSSR count). The van der Waals surface area contributed by atoms with E-state index in [0.29, 0.717) is 10.8 Å². The minimum atomic E-state index is -3.14. The lowest BCUT2D eigenvalue weighted by Crippen LogP contribution is -2.36. The summed E-state index contributed by atoms with van der Waals surface area (Å²) in [6.45, 7) is 4.06. The van der Waals surface area contributed by atoms with E-state index in [2.05, 4.69) is 17.3 Å². The van der Waals surface area contributed by atoms with Gasteiger partial charge in [0.25, 0.3) is 0 Å². The lowest BCUT2D eigenvalue weighted by atomic mass is 9.98. The third-order valence-corrected chi connectivity index (χ3v) is 3.99. The molecule has 1 aliphatic heterocycles. The first-order valence-corrected chi connectivity index (χ1v) is 7.31. The molecule has 1 aromatic heterocycles. The van der Waals surface area contributed by atoms with E-state index in [1.807, 2.05) is 0 Å². The van der Waals surface area contributed by atoms with Crippen LogP contribution in [0.5, 0.6) is 0 Å². The van der Waals surface area contributed by atoms with Crippen LogP contribution >= 0.6 is 0 Å². The quantitative estimate of drug-likeness (QED) is 0.819. The third kappa shape index (κ3) is 2.44. The predicted octanol–water partition coefficient (Wildman–Crippen LogP) is 0.457. The van der Waals surface area contributed by atoms with Crippen molar-refractivity contribution < 1.29 is 8.42 Å². The van der Waals surface area contributed by atoms with Gasteiger partial charge in [0.2, 0.25) is 0 Å². The summed E-state index contributed by atoms with van der Waals surface area (Å²) in [6, 6.07) is 0.263. The molecule has 1 aliphatic rings. The summed E-state index contributed by atoms with van der Waals surface area (Å²) in [7, 11) is -3.14. The maximum atomic E-state index is 11.3. The zero-order chi connectivity index (χ0) is 11.8. The second-order valence-corrected chi connectivity index (χ2v) is 6.60. The number of hydrogen-bond acceptors (Lipinski definition) is 4. The molecule has 0 aromatic carbocycles. The van der Waals surface area contributed by atoms with Crippen LogP contribution in [0.2, 0.25) is 0 Å². The molecule has 1 saturated heterocycles. The molecule has 16 heavy (non-hydrogen) atoms. The lowest BCUT2D eigenvalue weighted by molar-refractivity contribution is 0.284. The summed E-state index contributed by atoms with van der Waals surface area (Å²) in [6.07, 6.45) is 5.29. The molecule has 90 valence electrons. The molecular weight excluding hydrogens is 226 g/mol. The highest BCUT2D eigenvalue weighted by Gasteiger charge is 2.21. The van der Waals surface area contributed by atoms with Crippen molar-refractivity contribution in [2.75, 3.05) is 19.3 Å². The van der Waals surface area contributed by atoms with Gasteiger partial charge >= 0.3 is 0 Å². The Hall–Kier alpha value is -0.880. The maximum absolute atomic E-state index is 11.3. The zero-order valence-electron chi connectivity index (χ0n) is 9.55. The molecule has 0 saturated carbocycles. The van der Waals surface area contributed by atoms with E-state index in [4.69, 9.17) is 0 Å². The highest BCUT2D eigenvalue weighted by atomic mass is 32.2. The van der Waals surface area contributed by atoms with Gasteiger partial charge in [0.1, 0.15) is 4.90 Å². The Morgan fingerprint density at radius 2 is 2.25 bits per heavy atom. The van der Waals surface area contributed by atoms with Crippen molar-refractivity contribution in [1.29, 1.82) is 0 Å². The van der Waals surface area contributed by atoms with Gasteiger partial charge in [0, 0.05) is 19.0 Å². The van der Waals surface area contributed by atoms with Crippen molar-refractivity contribution in [1.82, 2.24) is 15.1 Å². The molecule has 1 N–H and O–H groups in total. The van der Waals surface area contributed by atoms with Gasteiger partial charge in [-0.1, -0.05) is 6.92 Å². The minimum absolute atomic E-state index is 0.263. The molecule has 1 aromatic rings. The van der Waals surface area contributed by atoms with E-state index in [0.717, 1.165) is 19.5 Å². The molecule has 5 nitrogen and oxygen atoms in total. The Labute approximate surface area is 95.8 Å². The molecule has 2 heterocycles.